The van der Waals surface area contributed by atoms with Gasteiger partial charge >= 0.3 is 0 Å². The maximum absolute atomic E-state index is 12.4. The number of hydrogen-bond acceptors (Lipinski definition) is 4. The van der Waals surface area contributed by atoms with E-state index in [1.807, 2.05) is 50.2 Å². The van der Waals surface area contributed by atoms with Crippen LogP contribution in [-0.2, 0) is 13.1 Å². The predicted octanol–water partition coefficient (Wildman–Crippen LogP) is 2.60. The van der Waals surface area contributed by atoms with E-state index in [4.69, 9.17) is 0 Å². The lowest BCUT2D eigenvalue weighted by atomic mass is 10.1. The molecule has 122 valence electrons. The van der Waals surface area contributed by atoms with Crippen LogP contribution in [0.5, 0.6) is 0 Å². The number of nitrogens with one attached hydrogen (secondary N) is 1. The van der Waals surface area contributed by atoms with E-state index >= 15 is 0 Å². The first-order valence-electron chi connectivity index (χ1n) is 7.87. The highest BCUT2D eigenvalue weighted by Crippen LogP contribution is 2.17. The number of aromatic nitrogens is 4. The van der Waals surface area contributed by atoms with Gasteiger partial charge in [0.2, 0.25) is 0 Å². The number of rotatable bonds is 5. The molecule has 0 aliphatic rings. The molecule has 0 fully saturated rings. The van der Waals surface area contributed by atoms with Crippen molar-refractivity contribution in [3.63, 3.8) is 0 Å². The number of aryl methyl sites for hydroxylation is 2. The van der Waals surface area contributed by atoms with E-state index in [-0.39, 0.29) is 5.91 Å². The van der Waals surface area contributed by atoms with Crippen LogP contribution in [0.15, 0.2) is 48.5 Å². The highest BCUT2D eigenvalue weighted by Gasteiger charge is 2.11. The molecule has 6 heteroatoms. The second kappa shape index (κ2) is 7.04. The van der Waals surface area contributed by atoms with E-state index in [2.05, 4.69) is 26.9 Å². The maximum atomic E-state index is 12.4. The van der Waals surface area contributed by atoms with Crippen LogP contribution in [0, 0.1) is 6.92 Å². The van der Waals surface area contributed by atoms with E-state index in [0.717, 1.165) is 11.1 Å². The van der Waals surface area contributed by atoms with Crippen molar-refractivity contribution >= 4 is 5.91 Å². The fourth-order valence-corrected chi connectivity index (χ4v) is 2.53. The molecule has 0 spiro atoms. The SMILES string of the molecule is CCn1nnnc1-c1cccc(C(=O)NCc2cccc(C)c2)c1. The summed E-state index contributed by atoms with van der Waals surface area (Å²) in [5.74, 6) is 0.541. The van der Waals surface area contributed by atoms with E-state index in [9.17, 15) is 4.79 Å². The third-order valence-corrected chi connectivity index (χ3v) is 3.75. The topological polar surface area (TPSA) is 72.7 Å². The fourth-order valence-electron chi connectivity index (χ4n) is 2.53. The van der Waals surface area contributed by atoms with Gasteiger partial charge in [0.05, 0.1) is 0 Å². The Morgan fingerprint density at radius 3 is 2.79 bits per heavy atom. The Labute approximate surface area is 140 Å². The van der Waals surface area contributed by atoms with Crippen LogP contribution in [0.25, 0.3) is 11.4 Å². The molecule has 3 aromatic rings. The zero-order chi connectivity index (χ0) is 16.9. The molecule has 0 aliphatic carbocycles. The van der Waals surface area contributed by atoms with Crippen molar-refractivity contribution in [3.05, 3.63) is 65.2 Å². The Morgan fingerprint density at radius 1 is 1.17 bits per heavy atom. The Kier molecular flexibility index (Phi) is 4.65. The van der Waals surface area contributed by atoms with Crippen LogP contribution >= 0.6 is 0 Å². The molecule has 24 heavy (non-hydrogen) atoms. The highest BCUT2D eigenvalue weighted by molar-refractivity contribution is 5.95. The number of benzene rings is 2. The molecule has 0 bridgehead atoms. The average molecular weight is 321 g/mol. The summed E-state index contributed by atoms with van der Waals surface area (Å²) in [6.07, 6.45) is 0. The summed E-state index contributed by atoms with van der Waals surface area (Å²) < 4.78 is 1.70. The molecule has 1 amide bonds. The van der Waals surface area contributed by atoms with Crippen molar-refractivity contribution in [3.8, 4) is 11.4 Å². The van der Waals surface area contributed by atoms with Gasteiger partial charge in [-0.15, -0.1) is 5.10 Å². The smallest absolute Gasteiger partial charge is 0.251 e. The van der Waals surface area contributed by atoms with Crippen LogP contribution in [0.2, 0.25) is 0 Å². The van der Waals surface area contributed by atoms with Crippen molar-refractivity contribution in [2.45, 2.75) is 26.9 Å². The van der Waals surface area contributed by atoms with Gasteiger partial charge in [0.15, 0.2) is 5.82 Å². The minimum absolute atomic E-state index is 0.117. The monoisotopic (exact) mass is 321 g/mol. The zero-order valence-electron chi connectivity index (χ0n) is 13.7. The molecule has 0 unspecified atom stereocenters. The van der Waals surface area contributed by atoms with Gasteiger partial charge in [-0.05, 0) is 42.0 Å². The van der Waals surface area contributed by atoms with E-state index in [1.165, 1.54) is 5.56 Å². The Balaban J connectivity index is 1.75. The average Bonchev–Trinajstić information content (AvgIpc) is 3.08. The molecule has 1 aromatic heterocycles. The van der Waals surface area contributed by atoms with Crippen molar-refractivity contribution in [1.82, 2.24) is 25.5 Å². The first kappa shape index (κ1) is 15.9. The lowest BCUT2D eigenvalue weighted by molar-refractivity contribution is 0.0951. The molecule has 1 N–H and O–H groups in total. The maximum Gasteiger partial charge on any atom is 0.251 e. The summed E-state index contributed by atoms with van der Waals surface area (Å²) >= 11 is 0. The van der Waals surface area contributed by atoms with Gasteiger partial charge in [-0.25, -0.2) is 4.68 Å². The van der Waals surface area contributed by atoms with Crippen LogP contribution in [-0.4, -0.2) is 26.1 Å². The summed E-state index contributed by atoms with van der Waals surface area (Å²) in [5.41, 5.74) is 3.67. The number of carbonyl (C=O) groups excluding carboxylic acids is 1. The fraction of sp³-hybridized carbons (Fsp3) is 0.222. The van der Waals surface area contributed by atoms with Gasteiger partial charge in [0, 0.05) is 24.2 Å². The Bertz CT molecular complexity index is 856. The van der Waals surface area contributed by atoms with E-state index in [1.54, 1.807) is 10.7 Å². The van der Waals surface area contributed by atoms with Crippen molar-refractivity contribution in [2.75, 3.05) is 0 Å². The molecule has 0 radical (unpaired) electrons. The van der Waals surface area contributed by atoms with Crippen LogP contribution < -0.4 is 5.32 Å². The van der Waals surface area contributed by atoms with E-state index in [0.29, 0.717) is 24.5 Å². The van der Waals surface area contributed by atoms with E-state index < -0.39 is 0 Å². The van der Waals surface area contributed by atoms with Crippen LogP contribution in [0.1, 0.15) is 28.4 Å². The third-order valence-electron chi connectivity index (χ3n) is 3.75. The second-order valence-electron chi connectivity index (χ2n) is 5.57. The summed E-state index contributed by atoms with van der Waals surface area (Å²) in [7, 11) is 0. The number of carbonyl (C=O) groups is 1. The quantitative estimate of drug-likeness (QED) is 0.784. The predicted molar refractivity (Wildman–Crippen MR) is 91.3 cm³/mol. The van der Waals surface area contributed by atoms with Crippen LogP contribution in [0.3, 0.4) is 0 Å². The lowest BCUT2D eigenvalue weighted by Gasteiger charge is -2.08. The summed E-state index contributed by atoms with van der Waals surface area (Å²) in [6, 6.07) is 15.4. The Hall–Kier alpha value is -3.02. The highest BCUT2D eigenvalue weighted by atomic mass is 16.1. The molecule has 0 aliphatic heterocycles. The van der Waals surface area contributed by atoms with Gasteiger partial charge in [-0.3, -0.25) is 4.79 Å². The molecular weight excluding hydrogens is 302 g/mol. The van der Waals surface area contributed by atoms with Gasteiger partial charge in [0.1, 0.15) is 0 Å². The second-order valence-corrected chi connectivity index (χ2v) is 5.57. The number of tetrazole rings is 1. The standard InChI is InChI=1S/C18H19N5O/c1-3-23-17(20-21-22-23)15-8-5-9-16(11-15)18(24)19-12-14-7-4-6-13(2)10-14/h4-11H,3,12H2,1-2H3,(H,19,24). The molecule has 6 nitrogen and oxygen atoms in total. The summed E-state index contributed by atoms with van der Waals surface area (Å²) in [6.45, 7) is 5.18. The lowest BCUT2D eigenvalue weighted by Crippen LogP contribution is -2.22. The number of hydrogen-bond donors (Lipinski definition) is 1. The first-order chi connectivity index (χ1) is 11.7. The van der Waals surface area contributed by atoms with Gasteiger partial charge in [-0.2, -0.15) is 0 Å². The largest absolute Gasteiger partial charge is 0.348 e. The number of nitrogens with zero attached hydrogens (tertiary/aromatic N) is 4. The molecule has 0 saturated heterocycles. The molecule has 1 heterocycles. The zero-order valence-corrected chi connectivity index (χ0v) is 13.7. The first-order valence-corrected chi connectivity index (χ1v) is 7.87. The van der Waals surface area contributed by atoms with Crippen molar-refractivity contribution in [2.24, 2.45) is 0 Å². The Morgan fingerprint density at radius 2 is 2.00 bits per heavy atom. The van der Waals surface area contributed by atoms with Gasteiger partial charge in [-0.1, -0.05) is 42.0 Å². The molecule has 0 atom stereocenters. The minimum atomic E-state index is -0.117. The molecule has 0 saturated carbocycles. The summed E-state index contributed by atoms with van der Waals surface area (Å²) in [5, 5.41) is 14.6. The normalized spacial score (nSPS) is 10.6. The number of amides is 1. The molecule has 2 aromatic carbocycles. The third kappa shape index (κ3) is 3.48. The van der Waals surface area contributed by atoms with Gasteiger partial charge in [0.25, 0.3) is 5.91 Å². The van der Waals surface area contributed by atoms with Gasteiger partial charge < -0.3 is 5.32 Å². The van der Waals surface area contributed by atoms with Crippen molar-refractivity contribution in [1.29, 1.82) is 0 Å². The summed E-state index contributed by atoms with van der Waals surface area (Å²) in [4.78, 5) is 12.4. The van der Waals surface area contributed by atoms with Crippen LogP contribution in [0.4, 0.5) is 0 Å². The van der Waals surface area contributed by atoms with Crippen molar-refractivity contribution < 1.29 is 4.79 Å². The minimum Gasteiger partial charge on any atom is -0.348 e. The molecule has 3 rings (SSSR count). The molecular formula is C18H19N5O.